The minimum Gasteiger partial charge on any atom is -0.432 e. The van der Waals surface area contributed by atoms with Crippen LogP contribution in [-0.4, -0.2) is 18.4 Å². The molecule has 0 fully saturated rings. The number of carbonyl (C=O) groups is 1. The van der Waals surface area contributed by atoms with Crippen LogP contribution in [0.5, 0.6) is 0 Å². The normalized spacial score (nSPS) is 12.8. The van der Waals surface area contributed by atoms with Gasteiger partial charge in [-0.25, -0.2) is 4.79 Å². The lowest BCUT2D eigenvalue weighted by atomic mass is 10.3. The highest BCUT2D eigenvalue weighted by Crippen LogP contribution is 1.99. The van der Waals surface area contributed by atoms with Gasteiger partial charge in [0.2, 0.25) is 0 Å². The first-order chi connectivity index (χ1) is 5.06. The molecule has 0 N–H and O–H groups in total. The highest BCUT2D eigenvalue weighted by molar-refractivity contribution is 5.60. The van der Waals surface area contributed by atoms with Crippen LogP contribution >= 0.6 is 0 Å². The maximum atomic E-state index is 10.8. The second-order valence-corrected chi connectivity index (χ2v) is 2.57. The van der Waals surface area contributed by atoms with Gasteiger partial charge < -0.3 is 9.47 Å². The maximum Gasteiger partial charge on any atom is 0.508 e. The van der Waals surface area contributed by atoms with Gasteiger partial charge in [0, 0.05) is 0 Å². The van der Waals surface area contributed by atoms with E-state index >= 15 is 0 Å². The van der Waals surface area contributed by atoms with Crippen LogP contribution < -0.4 is 0 Å². The zero-order valence-corrected chi connectivity index (χ0v) is 7.46. The molecule has 0 rings (SSSR count). The van der Waals surface area contributed by atoms with Gasteiger partial charge in [0.1, 0.15) is 6.10 Å². The largest absolute Gasteiger partial charge is 0.508 e. The zero-order valence-electron chi connectivity index (χ0n) is 7.46. The molecule has 0 aliphatic carbocycles. The van der Waals surface area contributed by atoms with E-state index in [9.17, 15) is 4.79 Å². The molecule has 0 aromatic heterocycles. The molecule has 1 atom stereocenters. The van der Waals surface area contributed by atoms with Crippen LogP contribution in [0, 0.1) is 6.42 Å². The molecule has 0 aliphatic rings. The first-order valence-corrected chi connectivity index (χ1v) is 3.73. The molecule has 0 unspecified atom stereocenters. The van der Waals surface area contributed by atoms with Crippen molar-refractivity contribution in [2.45, 2.75) is 39.9 Å². The van der Waals surface area contributed by atoms with E-state index in [-0.39, 0.29) is 12.2 Å². The van der Waals surface area contributed by atoms with E-state index < -0.39 is 6.16 Å². The molecule has 0 saturated carbocycles. The number of ether oxygens (including phenoxy) is 2. The van der Waals surface area contributed by atoms with Crippen molar-refractivity contribution in [3.8, 4) is 0 Å². The summed E-state index contributed by atoms with van der Waals surface area (Å²) in [6.45, 7) is 7.16. The standard InChI is InChI=1S/C8H15O3/c1-5-7(4)11-8(9)10-6(2)3/h5-7H,1-4H3/t7-/m1/s1. The second-order valence-electron chi connectivity index (χ2n) is 2.57. The monoisotopic (exact) mass is 159 g/mol. The molecule has 0 bridgehead atoms. The fourth-order valence-electron chi connectivity index (χ4n) is 0.440. The van der Waals surface area contributed by atoms with Crippen molar-refractivity contribution in [1.82, 2.24) is 0 Å². The Morgan fingerprint density at radius 3 is 2.18 bits per heavy atom. The van der Waals surface area contributed by atoms with Crippen LogP contribution in [0.15, 0.2) is 0 Å². The third-order valence-electron chi connectivity index (χ3n) is 1.08. The Hall–Kier alpha value is -0.730. The van der Waals surface area contributed by atoms with Gasteiger partial charge in [0.05, 0.1) is 6.10 Å². The molecule has 0 heterocycles. The molecule has 0 aromatic carbocycles. The molecule has 0 spiro atoms. The SMILES string of the molecule is C[CH][C@@H](C)OC(=O)OC(C)C. The van der Waals surface area contributed by atoms with E-state index in [1.165, 1.54) is 0 Å². The van der Waals surface area contributed by atoms with Crippen LogP contribution in [0.1, 0.15) is 27.7 Å². The van der Waals surface area contributed by atoms with Gasteiger partial charge in [0.15, 0.2) is 0 Å². The summed E-state index contributed by atoms with van der Waals surface area (Å²) in [6, 6.07) is 0. The van der Waals surface area contributed by atoms with Crippen molar-refractivity contribution >= 4 is 6.16 Å². The van der Waals surface area contributed by atoms with E-state index in [0.29, 0.717) is 0 Å². The van der Waals surface area contributed by atoms with E-state index in [1.807, 2.05) is 6.92 Å². The van der Waals surface area contributed by atoms with Crippen molar-refractivity contribution in [3.05, 3.63) is 6.42 Å². The second kappa shape index (κ2) is 4.99. The number of hydrogen-bond acceptors (Lipinski definition) is 3. The summed E-state index contributed by atoms with van der Waals surface area (Å²) < 4.78 is 9.54. The van der Waals surface area contributed by atoms with Gasteiger partial charge in [0.25, 0.3) is 0 Å². The first-order valence-electron chi connectivity index (χ1n) is 3.73. The van der Waals surface area contributed by atoms with Crippen molar-refractivity contribution in [1.29, 1.82) is 0 Å². The number of hydrogen-bond donors (Lipinski definition) is 0. The number of rotatable bonds is 3. The molecular weight excluding hydrogens is 144 g/mol. The summed E-state index contributed by atoms with van der Waals surface area (Å²) >= 11 is 0. The maximum absolute atomic E-state index is 10.8. The Labute approximate surface area is 67.7 Å². The average Bonchev–Trinajstić information content (AvgIpc) is 1.85. The minimum absolute atomic E-state index is 0.119. The molecule has 11 heavy (non-hydrogen) atoms. The Morgan fingerprint density at radius 2 is 1.82 bits per heavy atom. The van der Waals surface area contributed by atoms with Crippen LogP contribution in [0.25, 0.3) is 0 Å². The summed E-state index contributed by atoms with van der Waals surface area (Å²) in [5.41, 5.74) is 0. The third kappa shape index (κ3) is 5.70. The molecule has 0 amide bonds. The Bertz CT molecular complexity index is 121. The number of carbonyl (C=O) groups excluding carboxylic acids is 1. The average molecular weight is 159 g/mol. The fraction of sp³-hybridized carbons (Fsp3) is 0.750. The quantitative estimate of drug-likeness (QED) is 0.592. The lowest BCUT2D eigenvalue weighted by molar-refractivity contribution is 0.0197. The third-order valence-corrected chi connectivity index (χ3v) is 1.08. The topological polar surface area (TPSA) is 35.5 Å². The molecule has 3 heteroatoms. The first kappa shape index (κ1) is 10.3. The van der Waals surface area contributed by atoms with Crippen LogP contribution in [-0.2, 0) is 9.47 Å². The highest BCUT2D eigenvalue weighted by Gasteiger charge is 2.09. The van der Waals surface area contributed by atoms with E-state index in [0.717, 1.165) is 0 Å². The van der Waals surface area contributed by atoms with Crippen LogP contribution in [0.4, 0.5) is 4.79 Å². The lowest BCUT2D eigenvalue weighted by Gasteiger charge is -2.12. The van der Waals surface area contributed by atoms with Gasteiger partial charge in [-0.15, -0.1) is 0 Å². The summed E-state index contributed by atoms with van der Waals surface area (Å²) in [7, 11) is 0. The van der Waals surface area contributed by atoms with Gasteiger partial charge in [-0.05, 0) is 27.2 Å². The van der Waals surface area contributed by atoms with Crippen molar-refractivity contribution in [3.63, 3.8) is 0 Å². The predicted molar refractivity (Wildman–Crippen MR) is 42.1 cm³/mol. The lowest BCUT2D eigenvalue weighted by Crippen LogP contribution is -2.18. The van der Waals surface area contributed by atoms with Crippen molar-refractivity contribution < 1.29 is 14.3 Å². The minimum atomic E-state index is -0.606. The van der Waals surface area contributed by atoms with Crippen molar-refractivity contribution in [2.24, 2.45) is 0 Å². The molecule has 65 valence electrons. The van der Waals surface area contributed by atoms with E-state index in [4.69, 9.17) is 9.47 Å². The molecule has 3 nitrogen and oxygen atoms in total. The molecule has 0 aromatic rings. The van der Waals surface area contributed by atoms with Crippen molar-refractivity contribution in [2.75, 3.05) is 0 Å². The summed E-state index contributed by atoms with van der Waals surface area (Å²) in [4.78, 5) is 10.8. The summed E-state index contributed by atoms with van der Waals surface area (Å²) in [5, 5.41) is 0. The fourth-order valence-corrected chi connectivity index (χ4v) is 0.440. The molecule has 1 radical (unpaired) electrons. The molecule has 0 saturated heterocycles. The van der Waals surface area contributed by atoms with Gasteiger partial charge in [-0.1, -0.05) is 6.92 Å². The smallest absolute Gasteiger partial charge is 0.432 e. The predicted octanol–water partition coefficient (Wildman–Crippen LogP) is 2.16. The Balaban J connectivity index is 3.52. The van der Waals surface area contributed by atoms with Gasteiger partial charge >= 0.3 is 6.16 Å². The molecular formula is C8H15O3. The van der Waals surface area contributed by atoms with Gasteiger partial charge in [-0.3, -0.25) is 0 Å². The zero-order chi connectivity index (χ0) is 8.85. The summed E-state index contributed by atoms with van der Waals surface area (Å²) in [5.74, 6) is 0. The van der Waals surface area contributed by atoms with Crippen LogP contribution in [0.3, 0.4) is 0 Å². The van der Waals surface area contributed by atoms with E-state index in [1.54, 1.807) is 27.2 Å². The van der Waals surface area contributed by atoms with Gasteiger partial charge in [-0.2, -0.15) is 0 Å². The summed E-state index contributed by atoms with van der Waals surface area (Å²) in [6.07, 6.45) is 0.875. The van der Waals surface area contributed by atoms with Crippen LogP contribution in [0.2, 0.25) is 0 Å². The Morgan fingerprint density at radius 1 is 1.27 bits per heavy atom. The molecule has 0 aliphatic heterocycles. The highest BCUT2D eigenvalue weighted by atomic mass is 16.7. The van der Waals surface area contributed by atoms with E-state index in [2.05, 4.69) is 0 Å². The Kier molecular flexibility index (Phi) is 4.66.